The van der Waals surface area contributed by atoms with Crippen LogP contribution in [0, 0.1) is 13.8 Å². The lowest BCUT2D eigenvalue weighted by Crippen LogP contribution is -2.17. The first kappa shape index (κ1) is 24.0. The summed E-state index contributed by atoms with van der Waals surface area (Å²) < 4.78 is 0. The normalized spacial score (nSPS) is 15.3. The smallest absolute Gasteiger partial charge is 0.0543 e. The summed E-state index contributed by atoms with van der Waals surface area (Å²) in [6.07, 6.45) is 0. The summed E-state index contributed by atoms with van der Waals surface area (Å²) in [6, 6.07) is 38.7. The number of anilines is 3. The van der Waals surface area contributed by atoms with Gasteiger partial charge in [0.15, 0.2) is 0 Å². The number of hydrogen-bond acceptors (Lipinski definition) is 1. The standard InChI is InChI=1S/C38H35N/c1-24-18-19-26(22-25(24)2)39(27-20-21-29-28-12-7-9-14-31(28)38(5,6)34(29)23-27)35-17-11-16-33-36(35)30-13-8-10-15-32(30)37(33,3)4/h7-23H,1-6H3. The Kier molecular flexibility index (Phi) is 5.04. The fourth-order valence-electron chi connectivity index (χ4n) is 7.04. The Hall–Kier alpha value is -4.10. The van der Waals surface area contributed by atoms with Crippen LogP contribution in [0.3, 0.4) is 0 Å². The molecule has 0 heterocycles. The van der Waals surface area contributed by atoms with Crippen LogP contribution in [-0.4, -0.2) is 0 Å². The molecule has 2 aliphatic carbocycles. The highest BCUT2D eigenvalue weighted by molar-refractivity contribution is 5.95. The molecule has 0 spiro atoms. The highest BCUT2D eigenvalue weighted by Gasteiger charge is 2.39. The van der Waals surface area contributed by atoms with Crippen molar-refractivity contribution in [2.75, 3.05) is 4.90 Å². The molecular weight excluding hydrogens is 470 g/mol. The molecule has 0 saturated heterocycles. The van der Waals surface area contributed by atoms with Gasteiger partial charge < -0.3 is 4.90 Å². The molecule has 7 rings (SSSR count). The van der Waals surface area contributed by atoms with Gasteiger partial charge in [-0.1, -0.05) is 100 Å². The van der Waals surface area contributed by atoms with Gasteiger partial charge in [-0.25, -0.2) is 0 Å². The quantitative estimate of drug-likeness (QED) is 0.236. The summed E-state index contributed by atoms with van der Waals surface area (Å²) >= 11 is 0. The number of aryl methyl sites for hydroxylation is 2. The third kappa shape index (κ3) is 3.32. The molecule has 0 atom stereocenters. The van der Waals surface area contributed by atoms with E-state index < -0.39 is 0 Å². The van der Waals surface area contributed by atoms with Crippen LogP contribution in [0.4, 0.5) is 17.1 Å². The highest BCUT2D eigenvalue weighted by atomic mass is 15.1. The Morgan fingerprint density at radius 2 is 1.03 bits per heavy atom. The average molecular weight is 506 g/mol. The Morgan fingerprint density at radius 1 is 0.462 bits per heavy atom. The van der Waals surface area contributed by atoms with E-state index in [1.807, 2.05) is 0 Å². The molecule has 5 aromatic rings. The van der Waals surface area contributed by atoms with Gasteiger partial charge in [0.05, 0.1) is 5.69 Å². The molecule has 0 radical (unpaired) electrons. The maximum atomic E-state index is 2.49. The lowest BCUT2D eigenvalue weighted by atomic mass is 9.82. The zero-order valence-electron chi connectivity index (χ0n) is 23.8. The monoisotopic (exact) mass is 505 g/mol. The fourth-order valence-corrected chi connectivity index (χ4v) is 7.04. The third-order valence-corrected chi connectivity index (χ3v) is 9.40. The van der Waals surface area contributed by atoms with Crippen LogP contribution >= 0.6 is 0 Å². The predicted octanol–water partition coefficient (Wildman–Crippen LogP) is 10.4. The van der Waals surface area contributed by atoms with Crippen molar-refractivity contribution in [2.24, 2.45) is 0 Å². The van der Waals surface area contributed by atoms with E-state index in [0.29, 0.717) is 0 Å². The van der Waals surface area contributed by atoms with Crippen molar-refractivity contribution in [3.05, 3.63) is 137 Å². The minimum absolute atomic E-state index is 0.0433. The molecule has 0 N–H and O–H groups in total. The van der Waals surface area contributed by atoms with Gasteiger partial charge in [0.25, 0.3) is 0 Å². The van der Waals surface area contributed by atoms with E-state index in [0.717, 1.165) is 0 Å². The zero-order chi connectivity index (χ0) is 27.1. The van der Waals surface area contributed by atoms with Crippen LogP contribution in [0.2, 0.25) is 0 Å². The summed E-state index contributed by atoms with van der Waals surface area (Å²) in [5, 5.41) is 0. The molecule has 0 unspecified atom stereocenters. The van der Waals surface area contributed by atoms with Gasteiger partial charge in [-0.2, -0.15) is 0 Å². The second-order valence-corrected chi connectivity index (χ2v) is 12.4. The molecule has 0 aliphatic heterocycles. The zero-order valence-corrected chi connectivity index (χ0v) is 23.8. The van der Waals surface area contributed by atoms with Crippen molar-refractivity contribution in [2.45, 2.75) is 52.4 Å². The molecule has 1 heteroatoms. The van der Waals surface area contributed by atoms with Crippen LogP contribution in [0.5, 0.6) is 0 Å². The van der Waals surface area contributed by atoms with Gasteiger partial charge in [-0.05, 0) is 94.3 Å². The highest BCUT2D eigenvalue weighted by Crippen LogP contribution is 2.55. The van der Waals surface area contributed by atoms with Gasteiger partial charge in [0, 0.05) is 27.8 Å². The van der Waals surface area contributed by atoms with Crippen LogP contribution < -0.4 is 4.90 Å². The van der Waals surface area contributed by atoms with E-state index in [2.05, 4.69) is 150 Å². The van der Waals surface area contributed by atoms with Crippen LogP contribution in [0.1, 0.15) is 61.1 Å². The van der Waals surface area contributed by atoms with Gasteiger partial charge in [-0.3, -0.25) is 0 Å². The molecule has 0 amide bonds. The summed E-state index contributed by atoms with van der Waals surface area (Å²) in [5.74, 6) is 0. The van der Waals surface area contributed by atoms with E-state index in [-0.39, 0.29) is 10.8 Å². The van der Waals surface area contributed by atoms with Crippen LogP contribution in [0.15, 0.2) is 103 Å². The molecule has 5 aromatic carbocycles. The van der Waals surface area contributed by atoms with E-state index >= 15 is 0 Å². The number of benzene rings is 5. The van der Waals surface area contributed by atoms with Gasteiger partial charge in [-0.15, -0.1) is 0 Å². The molecule has 0 aromatic heterocycles. The minimum Gasteiger partial charge on any atom is -0.310 e. The average Bonchev–Trinajstić information content (AvgIpc) is 3.31. The second-order valence-electron chi connectivity index (χ2n) is 12.4. The summed E-state index contributed by atoms with van der Waals surface area (Å²) in [6.45, 7) is 13.8. The summed E-state index contributed by atoms with van der Waals surface area (Å²) in [7, 11) is 0. The van der Waals surface area contributed by atoms with E-state index in [1.54, 1.807) is 0 Å². The van der Waals surface area contributed by atoms with Crippen molar-refractivity contribution >= 4 is 17.1 Å². The van der Waals surface area contributed by atoms with Gasteiger partial charge in [0.2, 0.25) is 0 Å². The molecule has 0 fully saturated rings. The van der Waals surface area contributed by atoms with Crippen LogP contribution in [0.25, 0.3) is 22.3 Å². The topological polar surface area (TPSA) is 3.24 Å². The van der Waals surface area contributed by atoms with Crippen molar-refractivity contribution in [3.63, 3.8) is 0 Å². The Balaban J connectivity index is 1.50. The number of rotatable bonds is 3. The molecule has 1 nitrogen and oxygen atoms in total. The van der Waals surface area contributed by atoms with Gasteiger partial charge >= 0.3 is 0 Å². The first-order chi connectivity index (χ1) is 18.7. The largest absolute Gasteiger partial charge is 0.310 e. The first-order valence-corrected chi connectivity index (χ1v) is 14.0. The van der Waals surface area contributed by atoms with Crippen molar-refractivity contribution < 1.29 is 0 Å². The van der Waals surface area contributed by atoms with Crippen LogP contribution in [-0.2, 0) is 10.8 Å². The third-order valence-electron chi connectivity index (χ3n) is 9.40. The number of fused-ring (bicyclic) bond motifs is 6. The van der Waals surface area contributed by atoms with E-state index in [1.165, 1.54) is 72.7 Å². The molecular formula is C38H35N. The lowest BCUT2D eigenvalue weighted by molar-refractivity contribution is 0.660. The molecule has 0 saturated carbocycles. The molecule has 192 valence electrons. The minimum atomic E-state index is -0.0516. The van der Waals surface area contributed by atoms with Gasteiger partial charge in [0.1, 0.15) is 0 Å². The predicted molar refractivity (Wildman–Crippen MR) is 166 cm³/mol. The Bertz CT molecular complexity index is 1790. The summed E-state index contributed by atoms with van der Waals surface area (Å²) in [4.78, 5) is 2.49. The fraction of sp³-hybridized carbons (Fsp3) is 0.211. The van der Waals surface area contributed by atoms with Crippen molar-refractivity contribution in [3.8, 4) is 22.3 Å². The second kappa shape index (κ2) is 8.20. The molecule has 2 aliphatic rings. The summed E-state index contributed by atoms with van der Waals surface area (Å²) in [5.41, 5.74) is 17.2. The van der Waals surface area contributed by atoms with E-state index in [9.17, 15) is 0 Å². The lowest BCUT2D eigenvalue weighted by Gasteiger charge is -2.30. The number of nitrogens with zero attached hydrogens (tertiary/aromatic N) is 1. The van der Waals surface area contributed by atoms with Crippen molar-refractivity contribution in [1.82, 2.24) is 0 Å². The SMILES string of the molecule is Cc1ccc(N(c2ccc3c(c2)C(C)(C)c2ccccc2-3)c2cccc3c2-c2ccccc2C3(C)C)cc1C. The number of hydrogen-bond donors (Lipinski definition) is 0. The molecule has 39 heavy (non-hydrogen) atoms. The van der Waals surface area contributed by atoms with E-state index in [4.69, 9.17) is 0 Å². The molecule has 0 bridgehead atoms. The Labute approximate surface area is 232 Å². The Morgan fingerprint density at radius 3 is 1.77 bits per heavy atom. The first-order valence-electron chi connectivity index (χ1n) is 14.0. The maximum absolute atomic E-state index is 2.49. The maximum Gasteiger partial charge on any atom is 0.0543 e. The van der Waals surface area contributed by atoms with Crippen molar-refractivity contribution in [1.29, 1.82) is 0 Å².